The molecule has 1 aromatic rings. The zero-order valence-electron chi connectivity index (χ0n) is 10.0. The molecule has 6 heteroatoms. The first-order valence-corrected chi connectivity index (χ1v) is 4.89. The Morgan fingerprint density at radius 1 is 1.18 bits per heavy atom. The highest BCUT2D eigenvalue weighted by molar-refractivity contribution is 5.85. The van der Waals surface area contributed by atoms with Gasteiger partial charge in [-0.2, -0.15) is 0 Å². The molecule has 0 fully saturated rings. The molecule has 4 N–H and O–H groups in total. The fourth-order valence-electron chi connectivity index (χ4n) is 1.49. The van der Waals surface area contributed by atoms with E-state index in [1.54, 1.807) is 6.92 Å². The minimum Gasteiger partial charge on any atom is -0.508 e. The zero-order valence-corrected chi connectivity index (χ0v) is 10.8. The molecule has 2 atom stereocenters. The third-order valence-corrected chi connectivity index (χ3v) is 2.38. The lowest BCUT2D eigenvalue weighted by atomic mass is 10.0. The van der Waals surface area contributed by atoms with E-state index in [9.17, 15) is 10.2 Å². The smallest absolute Gasteiger partial charge is 0.131 e. The molecule has 98 valence electrons. The fraction of sp³-hybridized carbons (Fsp3) is 0.455. The third kappa shape index (κ3) is 3.39. The highest BCUT2D eigenvalue weighted by Crippen LogP contribution is 2.37. The highest BCUT2D eigenvalue weighted by atomic mass is 35.5. The molecule has 0 radical (unpaired) electrons. The number of aliphatic hydroxyl groups excluding tert-OH is 1. The zero-order chi connectivity index (χ0) is 12.3. The summed E-state index contributed by atoms with van der Waals surface area (Å²) in [7, 11) is 2.93. The van der Waals surface area contributed by atoms with Crippen LogP contribution in [0, 0.1) is 0 Å². The van der Waals surface area contributed by atoms with Crippen LogP contribution in [-0.2, 0) is 0 Å². The van der Waals surface area contributed by atoms with Crippen LogP contribution in [0.4, 0.5) is 0 Å². The number of benzene rings is 1. The summed E-state index contributed by atoms with van der Waals surface area (Å²) in [6, 6.07) is 2.23. The molecule has 1 rings (SSSR count). The van der Waals surface area contributed by atoms with Gasteiger partial charge < -0.3 is 25.4 Å². The number of ether oxygens (including phenoxy) is 2. The van der Waals surface area contributed by atoms with Crippen molar-refractivity contribution in [3.8, 4) is 17.2 Å². The monoisotopic (exact) mass is 263 g/mol. The van der Waals surface area contributed by atoms with E-state index in [0.29, 0.717) is 17.1 Å². The Bertz CT molecular complexity index is 345. The molecule has 0 saturated carbocycles. The summed E-state index contributed by atoms with van der Waals surface area (Å²) in [6.07, 6.45) is -0.743. The van der Waals surface area contributed by atoms with Gasteiger partial charge in [0.2, 0.25) is 0 Å². The molecule has 0 aliphatic rings. The number of rotatable bonds is 4. The number of phenols is 1. The van der Waals surface area contributed by atoms with E-state index in [2.05, 4.69) is 0 Å². The summed E-state index contributed by atoms with van der Waals surface area (Å²) in [5, 5.41) is 18.9. The van der Waals surface area contributed by atoms with E-state index >= 15 is 0 Å². The number of halogens is 1. The van der Waals surface area contributed by atoms with Crippen molar-refractivity contribution >= 4 is 12.4 Å². The first kappa shape index (κ1) is 15.8. The third-order valence-electron chi connectivity index (χ3n) is 2.38. The number of nitrogens with two attached hydrogens (primary N) is 1. The van der Waals surface area contributed by atoms with Crippen LogP contribution in [0.3, 0.4) is 0 Å². The second kappa shape index (κ2) is 6.54. The Kier molecular flexibility index (Phi) is 6.09. The Hall–Kier alpha value is -1.17. The van der Waals surface area contributed by atoms with E-state index in [-0.39, 0.29) is 18.2 Å². The van der Waals surface area contributed by atoms with Gasteiger partial charge >= 0.3 is 0 Å². The van der Waals surface area contributed by atoms with Crippen LogP contribution in [0.15, 0.2) is 12.1 Å². The maximum atomic E-state index is 9.48. The molecule has 0 bridgehead atoms. The molecule has 0 aliphatic heterocycles. The van der Waals surface area contributed by atoms with E-state index < -0.39 is 12.1 Å². The van der Waals surface area contributed by atoms with Crippen molar-refractivity contribution < 1.29 is 19.7 Å². The quantitative estimate of drug-likeness (QED) is 0.760. The Morgan fingerprint density at radius 3 is 1.88 bits per heavy atom. The number of hydrogen-bond donors (Lipinski definition) is 3. The van der Waals surface area contributed by atoms with Crippen LogP contribution >= 0.6 is 12.4 Å². The minimum atomic E-state index is -0.743. The van der Waals surface area contributed by atoms with Crippen molar-refractivity contribution in [2.75, 3.05) is 14.2 Å². The van der Waals surface area contributed by atoms with Crippen molar-refractivity contribution in [3.63, 3.8) is 0 Å². The summed E-state index contributed by atoms with van der Waals surface area (Å²) in [4.78, 5) is 0. The minimum absolute atomic E-state index is 0. The number of methoxy groups -OCH3 is 2. The lowest BCUT2D eigenvalue weighted by Gasteiger charge is -2.21. The van der Waals surface area contributed by atoms with Crippen LogP contribution in [-0.4, -0.2) is 30.5 Å². The van der Waals surface area contributed by atoms with Gasteiger partial charge in [0, 0.05) is 12.1 Å². The average molecular weight is 264 g/mol. The molecule has 0 aromatic heterocycles. The SMILES string of the molecule is COc1cc(O)cc(OC)c1[C@H](N)[C@@H](C)O.Cl. The standard InChI is InChI=1S/C11H17NO4.ClH/c1-6(13)11(12)10-8(15-2)4-7(14)5-9(10)16-3;/h4-6,11,13-14H,12H2,1-3H3;1H/t6-,11-;/m1./s1. The molecule has 17 heavy (non-hydrogen) atoms. The molecule has 1 aromatic carbocycles. The van der Waals surface area contributed by atoms with Crippen LogP contribution < -0.4 is 15.2 Å². The molecule has 0 spiro atoms. The maximum absolute atomic E-state index is 9.48. The van der Waals surface area contributed by atoms with Crippen LogP contribution in [0.5, 0.6) is 17.2 Å². The van der Waals surface area contributed by atoms with E-state index in [1.165, 1.54) is 26.4 Å². The number of aliphatic hydroxyl groups is 1. The number of hydrogen-bond acceptors (Lipinski definition) is 5. The molecular formula is C11H18ClNO4. The molecule has 0 heterocycles. The van der Waals surface area contributed by atoms with Crippen molar-refractivity contribution in [1.82, 2.24) is 0 Å². The second-order valence-electron chi connectivity index (χ2n) is 3.53. The van der Waals surface area contributed by atoms with Gasteiger partial charge in [0.05, 0.1) is 31.9 Å². The number of phenolic OH excluding ortho intramolecular Hbond substituents is 1. The fourth-order valence-corrected chi connectivity index (χ4v) is 1.49. The van der Waals surface area contributed by atoms with E-state index in [1.807, 2.05) is 0 Å². The predicted molar refractivity (Wildman–Crippen MR) is 67.1 cm³/mol. The molecular weight excluding hydrogens is 246 g/mol. The van der Waals surface area contributed by atoms with Gasteiger partial charge in [0.25, 0.3) is 0 Å². The highest BCUT2D eigenvalue weighted by Gasteiger charge is 2.22. The lowest BCUT2D eigenvalue weighted by molar-refractivity contribution is 0.161. The molecule has 0 aliphatic carbocycles. The van der Waals surface area contributed by atoms with Crippen LogP contribution in [0.25, 0.3) is 0 Å². The van der Waals surface area contributed by atoms with Crippen LogP contribution in [0.2, 0.25) is 0 Å². The van der Waals surface area contributed by atoms with Gasteiger partial charge in [-0.15, -0.1) is 12.4 Å². The first-order chi connectivity index (χ1) is 7.51. The van der Waals surface area contributed by atoms with Crippen molar-refractivity contribution in [2.24, 2.45) is 5.73 Å². The predicted octanol–water partition coefficient (Wildman–Crippen LogP) is 1.21. The van der Waals surface area contributed by atoms with E-state index in [4.69, 9.17) is 15.2 Å². The maximum Gasteiger partial charge on any atom is 0.131 e. The summed E-state index contributed by atoms with van der Waals surface area (Å²) in [6.45, 7) is 1.58. The topological polar surface area (TPSA) is 84.9 Å². The summed E-state index contributed by atoms with van der Waals surface area (Å²) in [5.74, 6) is 0.811. The normalized spacial score (nSPS) is 13.5. The number of aromatic hydroxyl groups is 1. The van der Waals surface area contributed by atoms with Gasteiger partial charge in [-0.1, -0.05) is 0 Å². The van der Waals surface area contributed by atoms with E-state index in [0.717, 1.165) is 0 Å². The first-order valence-electron chi connectivity index (χ1n) is 4.89. The summed E-state index contributed by atoms with van der Waals surface area (Å²) >= 11 is 0. The second-order valence-corrected chi connectivity index (χ2v) is 3.53. The Morgan fingerprint density at radius 2 is 1.59 bits per heavy atom. The Labute approximate surface area is 107 Å². The van der Waals surface area contributed by atoms with Crippen molar-refractivity contribution in [2.45, 2.75) is 19.1 Å². The summed E-state index contributed by atoms with van der Waals surface area (Å²) in [5.41, 5.74) is 6.39. The van der Waals surface area contributed by atoms with Gasteiger partial charge in [-0.25, -0.2) is 0 Å². The molecule has 0 unspecified atom stereocenters. The van der Waals surface area contributed by atoms with Gasteiger partial charge in [0.15, 0.2) is 0 Å². The van der Waals surface area contributed by atoms with Gasteiger partial charge in [-0.3, -0.25) is 0 Å². The summed E-state index contributed by atoms with van der Waals surface area (Å²) < 4.78 is 10.2. The van der Waals surface area contributed by atoms with Crippen molar-refractivity contribution in [1.29, 1.82) is 0 Å². The lowest BCUT2D eigenvalue weighted by Crippen LogP contribution is -2.24. The Balaban J connectivity index is 0.00000256. The average Bonchev–Trinajstić information content (AvgIpc) is 2.26. The van der Waals surface area contributed by atoms with Gasteiger partial charge in [-0.05, 0) is 6.92 Å². The molecule has 0 saturated heterocycles. The van der Waals surface area contributed by atoms with Gasteiger partial charge in [0.1, 0.15) is 17.2 Å². The van der Waals surface area contributed by atoms with Crippen LogP contribution in [0.1, 0.15) is 18.5 Å². The molecule has 5 nitrogen and oxygen atoms in total. The largest absolute Gasteiger partial charge is 0.508 e. The molecule has 0 amide bonds. The van der Waals surface area contributed by atoms with Crippen molar-refractivity contribution in [3.05, 3.63) is 17.7 Å².